The average molecular weight is 302 g/mol. The Kier molecular flexibility index (Phi) is 6.78. The van der Waals surface area contributed by atoms with Gasteiger partial charge >= 0.3 is 0 Å². The molecule has 0 saturated carbocycles. The van der Waals surface area contributed by atoms with E-state index in [-0.39, 0.29) is 19.1 Å². The number of aliphatic hydroxyl groups is 1. The first kappa shape index (κ1) is 16.8. The van der Waals surface area contributed by atoms with Crippen LogP contribution in [0.1, 0.15) is 13.8 Å². The topological polar surface area (TPSA) is 67.8 Å². The molecule has 1 rings (SSSR count). The van der Waals surface area contributed by atoms with E-state index in [4.69, 9.17) is 26.2 Å². The van der Waals surface area contributed by atoms with Crippen molar-refractivity contribution in [3.8, 4) is 5.75 Å². The Balaban J connectivity index is 2.42. The summed E-state index contributed by atoms with van der Waals surface area (Å²) in [6.07, 6.45) is 0. The molecule has 0 aromatic heterocycles. The molecule has 0 fully saturated rings. The van der Waals surface area contributed by atoms with Gasteiger partial charge in [-0.25, -0.2) is 0 Å². The predicted molar refractivity (Wildman–Crippen MR) is 77.1 cm³/mol. The van der Waals surface area contributed by atoms with Crippen LogP contribution in [0.2, 0.25) is 5.02 Å². The molecule has 1 aromatic rings. The molecule has 0 aliphatic heterocycles. The molecule has 0 heterocycles. The van der Waals surface area contributed by atoms with Crippen LogP contribution in [0.3, 0.4) is 0 Å². The van der Waals surface area contributed by atoms with Crippen molar-refractivity contribution in [1.29, 1.82) is 0 Å². The summed E-state index contributed by atoms with van der Waals surface area (Å²) in [5.74, 6) is 0.339. The molecule has 1 aromatic carbocycles. The zero-order valence-electron chi connectivity index (χ0n) is 11.7. The van der Waals surface area contributed by atoms with E-state index >= 15 is 0 Å². The largest absolute Gasteiger partial charge is 0.478 e. The molecule has 0 spiro atoms. The number of hydrogen-bond donors (Lipinski definition) is 2. The Morgan fingerprint density at radius 3 is 2.55 bits per heavy atom. The van der Waals surface area contributed by atoms with Crippen molar-refractivity contribution in [2.75, 3.05) is 26.4 Å². The predicted octanol–water partition coefficient (Wildman–Crippen LogP) is 1.62. The normalized spacial score (nSPS) is 11.2. The second-order valence-electron chi connectivity index (χ2n) is 4.66. The van der Waals surface area contributed by atoms with Crippen LogP contribution in [0, 0.1) is 0 Å². The Hall–Kier alpha value is -1.30. The van der Waals surface area contributed by atoms with E-state index in [1.54, 1.807) is 38.1 Å². The van der Waals surface area contributed by atoms with Gasteiger partial charge in [0, 0.05) is 11.6 Å². The van der Waals surface area contributed by atoms with E-state index in [0.717, 1.165) is 0 Å². The number of hydrogen-bond acceptors (Lipinski definition) is 4. The monoisotopic (exact) mass is 301 g/mol. The van der Waals surface area contributed by atoms with Crippen molar-refractivity contribution in [1.82, 2.24) is 5.32 Å². The Morgan fingerprint density at radius 2 is 1.95 bits per heavy atom. The maximum absolute atomic E-state index is 12.0. The standard InChI is InChI=1S/C14H20ClNO4/c1-14(2,13(18)16-7-9-19-10-8-17)20-12-5-3-11(15)4-6-12/h3-6,17H,7-10H2,1-2H3,(H,16,18). The summed E-state index contributed by atoms with van der Waals surface area (Å²) in [7, 11) is 0. The van der Waals surface area contributed by atoms with Gasteiger partial charge in [-0.15, -0.1) is 0 Å². The summed E-state index contributed by atoms with van der Waals surface area (Å²) in [6, 6.07) is 6.82. The third-order valence-electron chi connectivity index (χ3n) is 2.50. The highest BCUT2D eigenvalue weighted by molar-refractivity contribution is 6.30. The molecular weight excluding hydrogens is 282 g/mol. The first-order valence-electron chi connectivity index (χ1n) is 6.37. The van der Waals surface area contributed by atoms with Crippen LogP contribution in [-0.2, 0) is 9.53 Å². The zero-order chi connectivity index (χ0) is 15.0. The molecule has 0 aliphatic carbocycles. The molecule has 20 heavy (non-hydrogen) atoms. The molecule has 0 saturated heterocycles. The maximum atomic E-state index is 12.0. The molecule has 0 bridgehead atoms. The molecule has 5 nitrogen and oxygen atoms in total. The fourth-order valence-electron chi connectivity index (χ4n) is 1.46. The fraction of sp³-hybridized carbons (Fsp3) is 0.500. The van der Waals surface area contributed by atoms with E-state index in [9.17, 15) is 4.79 Å². The average Bonchev–Trinajstić information content (AvgIpc) is 2.40. The Labute approximate surface area is 123 Å². The highest BCUT2D eigenvalue weighted by atomic mass is 35.5. The zero-order valence-corrected chi connectivity index (χ0v) is 12.4. The summed E-state index contributed by atoms with van der Waals surface area (Å²) in [5.41, 5.74) is -0.995. The number of carbonyl (C=O) groups is 1. The third-order valence-corrected chi connectivity index (χ3v) is 2.75. The van der Waals surface area contributed by atoms with Crippen LogP contribution in [0.15, 0.2) is 24.3 Å². The highest BCUT2D eigenvalue weighted by Gasteiger charge is 2.29. The summed E-state index contributed by atoms with van der Waals surface area (Å²) < 4.78 is 10.7. The molecular formula is C14H20ClNO4. The van der Waals surface area contributed by atoms with Crippen LogP contribution in [0.25, 0.3) is 0 Å². The molecule has 0 unspecified atom stereocenters. The van der Waals surface area contributed by atoms with Gasteiger partial charge in [0.05, 0.1) is 19.8 Å². The number of ether oxygens (including phenoxy) is 2. The highest BCUT2D eigenvalue weighted by Crippen LogP contribution is 2.20. The summed E-state index contributed by atoms with van der Waals surface area (Å²) in [4.78, 5) is 12.0. The van der Waals surface area contributed by atoms with Crippen LogP contribution >= 0.6 is 11.6 Å². The molecule has 0 aliphatic rings. The van der Waals surface area contributed by atoms with Gasteiger partial charge in [-0.05, 0) is 38.1 Å². The number of carbonyl (C=O) groups excluding carboxylic acids is 1. The molecule has 6 heteroatoms. The van der Waals surface area contributed by atoms with Gasteiger partial charge in [-0.3, -0.25) is 4.79 Å². The van der Waals surface area contributed by atoms with Gasteiger partial charge in [0.1, 0.15) is 5.75 Å². The van der Waals surface area contributed by atoms with Gasteiger partial charge in [-0.1, -0.05) is 11.6 Å². The lowest BCUT2D eigenvalue weighted by Crippen LogP contribution is -2.47. The Bertz CT molecular complexity index is 420. The van der Waals surface area contributed by atoms with Gasteiger partial charge < -0.3 is 19.9 Å². The van der Waals surface area contributed by atoms with Crippen molar-refractivity contribution in [2.45, 2.75) is 19.4 Å². The first-order chi connectivity index (χ1) is 9.45. The number of nitrogens with one attached hydrogen (secondary N) is 1. The number of amides is 1. The van der Waals surface area contributed by atoms with Crippen LogP contribution in [0.5, 0.6) is 5.75 Å². The van der Waals surface area contributed by atoms with Gasteiger partial charge in [-0.2, -0.15) is 0 Å². The van der Waals surface area contributed by atoms with Crippen molar-refractivity contribution in [3.63, 3.8) is 0 Å². The Morgan fingerprint density at radius 1 is 1.30 bits per heavy atom. The quantitative estimate of drug-likeness (QED) is 0.716. The minimum Gasteiger partial charge on any atom is -0.478 e. The molecule has 1 amide bonds. The first-order valence-corrected chi connectivity index (χ1v) is 6.75. The summed E-state index contributed by atoms with van der Waals surface area (Å²) in [6.45, 7) is 4.33. The lowest BCUT2D eigenvalue weighted by Gasteiger charge is -2.25. The second kappa shape index (κ2) is 8.09. The third kappa shape index (κ3) is 5.77. The van der Waals surface area contributed by atoms with Crippen LogP contribution in [0.4, 0.5) is 0 Å². The molecule has 2 N–H and O–H groups in total. The fourth-order valence-corrected chi connectivity index (χ4v) is 1.59. The molecule has 0 radical (unpaired) electrons. The second-order valence-corrected chi connectivity index (χ2v) is 5.09. The van der Waals surface area contributed by atoms with Gasteiger partial charge in [0.25, 0.3) is 5.91 Å². The minimum absolute atomic E-state index is 0.0287. The van der Waals surface area contributed by atoms with Crippen molar-refractivity contribution < 1.29 is 19.4 Å². The minimum atomic E-state index is -0.995. The van der Waals surface area contributed by atoms with Gasteiger partial charge in [0.15, 0.2) is 5.60 Å². The number of rotatable bonds is 8. The van der Waals surface area contributed by atoms with Crippen LogP contribution < -0.4 is 10.1 Å². The van der Waals surface area contributed by atoms with E-state index in [0.29, 0.717) is 23.9 Å². The lowest BCUT2D eigenvalue weighted by atomic mass is 10.1. The number of halogens is 1. The maximum Gasteiger partial charge on any atom is 0.263 e. The number of aliphatic hydroxyl groups excluding tert-OH is 1. The SMILES string of the molecule is CC(C)(Oc1ccc(Cl)cc1)C(=O)NCCOCCO. The van der Waals surface area contributed by atoms with Crippen LogP contribution in [-0.4, -0.2) is 43.0 Å². The van der Waals surface area contributed by atoms with E-state index in [1.807, 2.05) is 0 Å². The smallest absolute Gasteiger partial charge is 0.263 e. The number of benzene rings is 1. The van der Waals surface area contributed by atoms with E-state index in [1.165, 1.54) is 0 Å². The van der Waals surface area contributed by atoms with E-state index in [2.05, 4.69) is 5.32 Å². The van der Waals surface area contributed by atoms with Crippen molar-refractivity contribution in [3.05, 3.63) is 29.3 Å². The van der Waals surface area contributed by atoms with Crippen molar-refractivity contribution in [2.24, 2.45) is 0 Å². The van der Waals surface area contributed by atoms with Crippen molar-refractivity contribution >= 4 is 17.5 Å². The summed E-state index contributed by atoms with van der Waals surface area (Å²) >= 11 is 5.79. The van der Waals surface area contributed by atoms with Gasteiger partial charge in [0.2, 0.25) is 0 Å². The summed E-state index contributed by atoms with van der Waals surface area (Å²) in [5, 5.41) is 11.9. The lowest BCUT2D eigenvalue weighted by molar-refractivity contribution is -0.134. The van der Waals surface area contributed by atoms with E-state index < -0.39 is 5.60 Å². The molecule has 112 valence electrons. The molecule has 0 atom stereocenters.